The SMILES string of the molecule is CC(C)CC1CNC(C2CC2)CN1CCn1cccn1. The first-order valence-electron chi connectivity index (χ1n) is 8.17. The van der Waals surface area contributed by atoms with Gasteiger partial charge in [0.15, 0.2) is 0 Å². The predicted octanol–water partition coefficient (Wildman–Crippen LogP) is 1.98. The largest absolute Gasteiger partial charge is 0.311 e. The molecule has 2 fully saturated rings. The van der Waals surface area contributed by atoms with Crippen LogP contribution < -0.4 is 5.32 Å². The minimum Gasteiger partial charge on any atom is -0.311 e. The first-order chi connectivity index (χ1) is 9.72. The van der Waals surface area contributed by atoms with Crippen molar-refractivity contribution in [2.24, 2.45) is 11.8 Å². The Labute approximate surface area is 122 Å². The van der Waals surface area contributed by atoms with Gasteiger partial charge in [0.2, 0.25) is 0 Å². The first kappa shape index (κ1) is 14.1. The average Bonchev–Trinajstić information content (AvgIpc) is 3.14. The smallest absolute Gasteiger partial charge is 0.0536 e. The van der Waals surface area contributed by atoms with Crippen LogP contribution in [0.4, 0.5) is 0 Å². The van der Waals surface area contributed by atoms with Gasteiger partial charge < -0.3 is 5.32 Å². The zero-order valence-corrected chi connectivity index (χ0v) is 12.8. The third-order valence-electron chi connectivity index (χ3n) is 4.67. The van der Waals surface area contributed by atoms with Crippen LogP contribution in [-0.4, -0.2) is 46.4 Å². The fourth-order valence-electron chi connectivity index (χ4n) is 3.41. The monoisotopic (exact) mass is 276 g/mol. The lowest BCUT2D eigenvalue weighted by atomic mass is 9.97. The maximum absolute atomic E-state index is 4.33. The molecule has 20 heavy (non-hydrogen) atoms. The van der Waals surface area contributed by atoms with E-state index in [1.165, 1.54) is 32.4 Å². The van der Waals surface area contributed by atoms with Crippen molar-refractivity contribution in [1.29, 1.82) is 0 Å². The van der Waals surface area contributed by atoms with Crippen LogP contribution in [0.25, 0.3) is 0 Å². The quantitative estimate of drug-likeness (QED) is 0.862. The Morgan fingerprint density at radius 2 is 2.15 bits per heavy atom. The third kappa shape index (κ3) is 3.61. The molecule has 3 rings (SSSR count). The van der Waals surface area contributed by atoms with Crippen molar-refractivity contribution in [2.75, 3.05) is 19.6 Å². The number of hydrogen-bond donors (Lipinski definition) is 1. The summed E-state index contributed by atoms with van der Waals surface area (Å²) in [4.78, 5) is 2.71. The van der Waals surface area contributed by atoms with Gasteiger partial charge in [0.25, 0.3) is 0 Å². The summed E-state index contributed by atoms with van der Waals surface area (Å²) >= 11 is 0. The summed E-state index contributed by atoms with van der Waals surface area (Å²) in [6.45, 7) is 9.20. The molecule has 1 aliphatic carbocycles. The molecular formula is C16H28N4. The molecule has 4 heteroatoms. The van der Waals surface area contributed by atoms with Crippen molar-refractivity contribution in [2.45, 2.75) is 51.7 Å². The minimum atomic E-state index is 0.695. The molecule has 0 amide bonds. The zero-order valence-electron chi connectivity index (χ0n) is 12.8. The van der Waals surface area contributed by atoms with Crippen LogP contribution in [0.1, 0.15) is 33.1 Å². The van der Waals surface area contributed by atoms with E-state index in [1.54, 1.807) is 0 Å². The van der Waals surface area contributed by atoms with E-state index in [2.05, 4.69) is 40.0 Å². The number of aromatic nitrogens is 2. The van der Waals surface area contributed by atoms with Gasteiger partial charge in [-0.3, -0.25) is 9.58 Å². The number of hydrogen-bond acceptors (Lipinski definition) is 3. The van der Waals surface area contributed by atoms with Gasteiger partial charge in [-0.25, -0.2) is 0 Å². The predicted molar refractivity (Wildman–Crippen MR) is 81.6 cm³/mol. The van der Waals surface area contributed by atoms with Crippen molar-refractivity contribution in [3.8, 4) is 0 Å². The van der Waals surface area contributed by atoms with Crippen LogP contribution >= 0.6 is 0 Å². The maximum Gasteiger partial charge on any atom is 0.0536 e. The highest BCUT2D eigenvalue weighted by Crippen LogP contribution is 2.34. The molecule has 2 unspecified atom stereocenters. The molecule has 1 saturated heterocycles. The molecule has 1 aromatic heterocycles. The fraction of sp³-hybridized carbons (Fsp3) is 0.812. The number of rotatable bonds is 6. The first-order valence-corrected chi connectivity index (χ1v) is 8.17. The minimum absolute atomic E-state index is 0.695. The highest BCUT2D eigenvalue weighted by molar-refractivity contribution is 4.94. The van der Waals surface area contributed by atoms with Crippen molar-refractivity contribution < 1.29 is 0 Å². The zero-order chi connectivity index (χ0) is 13.9. The summed E-state index contributed by atoms with van der Waals surface area (Å²) in [6, 6.07) is 3.44. The Kier molecular flexibility index (Phi) is 4.41. The average molecular weight is 276 g/mol. The molecule has 112 valence electrons. The van der Waals surface area contributed by atoms with E-state index >= 15 is 0 Å². The van der Waals surface area contributed by atoms with E-state index in [4.69, 9.17) is 0 Å². The fourth-order valence-corrected chi connectivity index (χ4v) is 3.41. The number of nitrogens with one attached hydrogen (secondary N) is 1. The van der Waals surface area contributed by atoms with Crippen LogP contribution in [0.3, 0.4) is 0 Å². The summed E-state index contributed by atoms with van der Waals surface area (Å²) in [5, 5.41) is 8.12. The molecule has 1 saturated carbocycles. The Morgan fingerprint density at radius 1 is 1.30 bits per heavy atom. The molecule has 1 aromatic rings. The molecule has 4 nitrogen and oxygen atoms in total. The van der Waals surface area contributed by atoms with Crippen molar-refractivity contribution >= 4 is 0 Å². The Bertz CT molecular complexity index is 397. The molecule has 0 aromatic carbocycles. The standard InChI is InChI=1S/C16H28N4/c1-13(2)10-15-11-17-16(14-4-5-14)12-19(15)8-9-20-7-3-6-18-20/h3,6-7,13-17H,4-5,8-12H2,1-2H3. The highest BCUT2D eigenvalue weighted by atomic mass is 15.3. The van der Waals surface area contributed by atoms with Gasteiger partial charge in [0.1, 0.15) is 0 Å². The topological polar surface area (TPSA) is 33.1 Å². The Balaban J connectivity index is 1.57. The summed E-state index contributed by atoms with van der Waals surface area (Å²) < 4.78 is 2.06. The van der Waals surface area contributed by atoms with Gasteiger partial charge in [-0.15, -0.1) is 0 Å². The molecule has 0 bridgehead atoms. The lowest BCUT2D eigenvalue weighted by molar-refractivity contribution is 0.102. The second-order valence-electron chi connectivity index (χ2n) is 6.90. The normalized spacial score (nSPS) is 28.1. The highest BCUT2D eigenvalue weighted by Gasteiger charge is 2.37. The van der Waals surface area contributed by atoms with E-state index < -0.39 is 0 Å². The Hall–Kier alpha value is -0.870. The molecule has 2 atom stereocenters. The molecule has 1 N–H and O–H groups in total. The number of nitrogens with zero attached hydrogens (tertiary/aromatic N) is 3. The van der Waals surface area contributed by atoms with Gasteiger partial charge in [-0.1, -0.05) is 13.8 Å². The lowest BCUT2D eigenvalue weighted by Gasteiger charge is -2.41. The molecule has 0 spiro atoms. The van der Waals surface area contributed by atoms with Gasteiger partial charge in [0, 0.05) is 44.1 Å². The molecule has 2 heterocycles. The van der Waals surface area contributed by atoms with Crippen LogP contribution in [0, 0.1) is 11.8 Å². The van der Waals surface area contributed by atoms with Gasteiger partial charge >= 0.3 is 0 Å². The maximum atomic E-state index is 4.33. The second-order valence-corrected chi connectivity index (χ2v) is 6.90. The molecule has 2 aliphatic rings. The van der Waals surface area contributed by atoms with E-state index in [1.807, 2.05) is 12.3 Å². The third-order valence-corrected chi connectivity index (χ3v) is 4.67. The molecule has 0 radical (unpaired) electrons. The lowest BCUT2D eigenvalue weighted by Crippen LogP contribution is -2.58. The van der Waals surface area contributed by atoms with Crippen LogP contribution in [0.5, 0.6) is 0 Å². The van der Waals surface area contributed by atoms with Gasteiger partial charge in [-0.2, -0.15) is 5.10 Å². The summed E-state index contributed by atoms with van der Waals surface area (Å²) in [7, 11) is 0. The van der Waals surface area contributed by atoms with Crippen molar-refractivity contribution in [1.82, 2.24) is 20.0 Å². The summed E-state index contributed by atoms with van der Waals surface area (Å²) in [6.07, 6.45) is 8.09. The van der Waals surface area contributed by atoms with Crippen molar-refractivity contribution in [3.63, 3.8) is 0 Å². The summed E-state index contributed by atoms with van der Waals surface area (Å²) in [5.74, 6) is 1.72. The van der Waals surface area contributed by atoms with E-state index in [0.29, 0.717) is 6.04 Å². The van der Waals surface area contributed by atoms with Gasteiger partial charge in [0.05, 0.1) is 6.54 Å². The van der Waals surface area contributed by atoms with Gasteiger partial charge in [-0.05, 0) is 37.2 Å². The van der Waals surface area contributed by atoms with Crippen LogP contribution in [0.2, 0.25) is 0 Å². The van der Waals surface area contributed by atoms with E-state index in [-0.39, 0.29) is 0 Å². The van der Waals surface area contributed by atoms with Crippen LogP contribution in [0.15, 0.2) is 18.5 Å². The van der Waals surface area contributed by atoms with Crippen LogP contribution in [-0.2, 0) is 6.54 Å². The number of piperazine rings is 1. The second kappa shape index (κ2) is 6.27. The van der Waals surface area contributed by atoms with E-state index in [0.717, 1.165) is 31.0 Å². The molecular weight excluding hydrogens is 248 g/mol. The Morgan fingerprint density at radius 3 is 2.80 bits per heavy atom. The molecule has 1 aliphatic heterocycles. The van der Waals surface area contributed by atoms with E-state index in [9.17, 15) is 0 Å². The summed E-state index contributed by atoms with van der Waals surface area (Å²) in [5.41, 5.74) is 0. The van der Waals surface area contributed by atoms with Crippen molar-refractivity contribution in [3.05, 3.63) is 18.5 Å².